The van der Waals surface area contributed by atoms with Crippen molar-refractivity contribution >= 4 is 64.4 Å². The van der Waals surface area contributed by atoms with Crippen molar-refractivity contribution in [1.82, 2.24) is 50.3 Å². The molecule has 5 amide bonds. The standard InChI is InChI=1S/C54H74ClN11O7/c1-9-56-42-19-18-35-26-41(42)40(25-36-13-10-20-57-45(36)34(4)72-8)27-54(5,6)32-73-50(69)43-15-12-23-66(61-43)49(68)44(31-63-22-11-14-37(35)28-63)59-48(67)47(33(2)3)62(7)53(71)64-29-38-16-17-39(30-64)46(38)60-52(70)65-24-21-58-51(65)55/h10,13-14,18-21,24-26,33-34,38-39,43-44,46-47,56,61H,9,11-12,15-17,22-23,27-32H2,1-8H3,(H,59,67)(H,60,70)/b40-25+/t34-,38?,39?,43-,44-,46?,47-/m0/s1. The molecule has 4 N–H and O–H groups in total. The Morgan fingerprint density at radius 2 is 1.79 bits per heavy atom. The van der Waals surface area contributed by atoms with Crippen molar-refractivity contribution in [2.75, 3.05) is 71.9 Å². The highest BCUT2D eigenvalue weighted by Gasteiger charge is 2.46. The molecule has 8 rings (SSSR count). The van der Waals surface area contributed by atoms with Crippen molar-refractivity contribution in [2.45, 2.75) is 110 Å². The summed E-state index contributed by atoms with van der Waals surface area (Å²) in [6, 6.07) is 6.95. The number of allylic oxidation sites excluding steroid dienone is 1. The maximum absolute atomic E-state index is 14.9. The predicted molar refractivity (Wildman–Crippen MR) is 281 cm³/mol. The molecule has 1 aliphatic carbocycles. The fourth-order valence-corrected chi connectivity index (χ4v) is 11.6. The molecule has 8 bridgehead atoms. The van der Waals surface area contributed by atoms with Crippen LogP contribution in [0.15, 0.2) is 55.0 Å². The first-order valence-corrected chi connectivity index (χ1v) is 26.4. The number of hydrogen-bond donors (Lipinski definition) is 4. The molecular weight excluding hydrogens is 950 g/mol. The highest BCUT2D eigenvalue weighted by Crippen LogP contribution is 2.40. The normalized spacial score (nSPS) is 25.7. The lowest BCUT2D eigenvalue weighted by molar-refractivity contribution is -0.155. The molecule has 1 aromatic carbocycles. The monoisotopic (exact) mass is 1020 g/mol. The van der Waals surface area contributed by atoms with Gasteiger partial charge < -0.3 is 35.2 Å². The number of likely N-dealkylation sites (N-methyl/N-ethyl adjacent to an activating group) is 1. The van der Waals surface area contributed by atoms with Gasteiger partial charge >= 0.3 is 18.0 Å². The van der Waals surface area contributed by atoms with Crippen molar-refractivity contribution in [3.05, 3.63) is 82.7 Å². The smallest absolute Gasteiger partial charge is 0.328 e. The lowest BCUT2D eigenvalue weighted by Gasteiger charge is -2.42. The summed E-state index contributed by atoms with van der Waals surface area (Å²) in [7, 11) is 3.32. The van der Waals surface area contributed by atoms with E-state index in [1.54, 1.807) is 25.3 Å². The highest BCUT2D eigenvalue weighted by molar-refractivity contribution is 6.29. The minimum absolute atomic E-state index is 0.0211. The van der Waals surface area contributed by atoms with Crippen LogP contribution in [0.5, 0.6) is 0 Å². The summed E-state index contributed by atoms with van der Waals surface area (Å²) in [5, 5.41) is 11.4. The SMILES string of the molecule is CCNc1ccc2cc1/C(=C/c1cccnc1[C@H](C)OC)CC(C)(C)COC(=O)[C@@H]1CCCN(N1)C(=O)[C@@H](NC(=O)[C@H](C(C)C)N(C)C(=O)N1CC3CCC(C1)C3NC(=O)n1ccnc1Cl)CN1CCC=C2C1. The molecule has 6 heterocycles. The number of halogens is 1. The number of likely N-dealkylation sites (tertiary alicyclic amines) is 1. The molecule has 18 nitrogen and oxygen atoms in total. The van der Waals surface area contributed by atoms with Gasteiger partial charge in [0, 0.05) is 101 Å². The topological polar surface area (TPSA) is 196 Å². The van der Waals surface area contributed by atoms with Gasteiger partial charge in [-0.05, 0) is 128 Å². The summed E-state index contributed by atoms with van der Waals surface area (Å²) < 4.78 is 13.2. The van der Waals surface area contributed by atoms with E-state index in [0.29, 0.717) is 58.5 Å². The van der Waals surface area contributed by atoms with E-state index in [1.807, 2.05) is 26.8 Å². The molecule has 7 atom stereocenters. The Labute approximate surface area is 434 Å². The minimum Gasteiger partial charge on any atom is -0.464 e. The quantitative estimate of drug-likeness (QED) is 0.157. The van der Waals surface area contributed by atoms with Crippen molar-refractivity contribution in [1.29, 1.82) is 0 Å². The number of cyclic esters (lactones) is 1. The van der Waals surface area contributed by atoms with Crippen LogP contribution in [0.25, 0.3) is 17.2 Å². The number of imidazole rings is 1. The summed E-state index contributed by atoms with van der Waals surface area (Å²) in [6.07, 6.45) is 12.9. The summed E-state index contributed by atoms with van der Waals surface area (Å²) >= 11 is 6.13. The van der Waals surface area contributed by atoms with E-state index in [4.69, 9.17) is 26.1 Å². The van der Waals surface area contributed by atoms with E-state index < -0.39 is 35.4 Å². The summed E-state index contributed by atoms with van der Waals surface area (Å²) in [5.74, 6) is -1.55. The van der Waals surface area contributed by atoms with Gasteiger partial charge in [-0.15, -0.1) is 0 Å². The maximum Gasteiger partial charge on any atom is 0.328 e. The Hall–Kier alpha value is -5.82. The Balaban J connectivity index is 1.07. The minimum atomic E-state index is -1.03. The molecule has 2 aromatic heterocycles. The predicted octanol–water partition coefficient (Wildman–Crippen LogP) is 6.70. The molecule has 4 aliphatic heterocycles. The molecule has 3 unspecified atom stereocenters. The van der Waals surface area contributed by atoms with Crippen molar-refractivity contribution < 1.29 is 33.4 Å². The number of rotatable bonds is 10. The van der Waals surface area contributed by atoms with Crippen molar-refractivity contribution in [3.8, 4) is 0 Å². The molecule has 73 heavy (non-hydrogen) atoms. The molecule has 19 heteroatoms. The van der Waals surface area contributed by atoms with Crippen molar-refractivity contribution in [2.24, 2.45) is 23.2 Å². The van der Waals surface area contributed by atoms with Gasteiger partial charge in [-0.25, -0.2) is 24.6 Å². The van der Waals surface area contributed by atoms with E-state index >= 15 is 0 Å². The number of nitrogens with zero attached hydrogens (tertiary/aromatic N) is 7. The number of methoxy groups -OCH3 is 1. The van der Waals surface area contributed by atoms with Crippen LogP contribution in [0.3, 0.4) is 0 Å². The summed E-state index contributed by atoms with van der Waals surface area (Å²) in [4.78, 5) is 85.4. The molecule has 2 saturated heterocycles. The molecule has 1 saturated carbocycles. The van der Waals surface area contributed by atoms with E-state index in [1.165, 1.54) is 26.9 Å². The van der Waals surface area contributed by atoms with E-state index in [9.17, 15) is 24.0 Å². The van der Waals surface area contributed by atoms with Gasteiger partial charge in [0.05, 0.1) is 18.4 Å². The molecule has 0 radical (unpaired) electrons. The fourth-order valence-electron chi connectivity index (χ4n) is 11.4. The third-order valence-electron chi connectivity index (χ3n) is 15.2. The number of carbonyl (C=O) groups excluding carboxylic acids is 5. The Kier molecular flexibility index (Phi) is 17.0. The first-order valence-electron chi connectivity index (χ1n) is 26.0. The third kappa shape index (κ3) is 12.2. The van der Waals surface area contributed by atoms with Crippen LogP contribution in [0.1, 0.15) is 109 Å². The van der Waals surface area contributed by atoms with Gasteiger partial charge in [0.1, 0.15) is 18.1 Å². The summed E-state index contributed by atoms with van der Waals surface area (Å²) in [5.41, 5.74) is 9.58. The van der Waals surface area contributed by atoms with Crippen LogP contribution in [0, 0.1) is 23.2 Å². The maximum atomic E-state index is 14.9. The number of ether oxygens (including phenoxy) is 2. The van der Waals surface area contributed by atoms with Gasteiger partial charge in [0.2, 0.25) is 11.2 Å². The van der Waals surface area contributed by atoms with E-state index in [-0.39, 0.29) is 66.3 Å². The van der Waals surface area contributed by atoms with Crippen LogP contribution in [0.2, 0.25) is 5.28 Å². The first kappa shape index (κ1) is 53.5. The molecule has 5 aliphatic rings. The average Bonchev–Trinajstić information content (AvgIpc) is 3.90. The summed E-state index contributed by atoms with van der Waals surface area (Å²) in [6.45, 7) is 15.4. The van der Waals surface area contributed by atoms with Crippen LogP contribution >= 0.6 is 11.6 Å². The van der Waals surface area contributed by atoms with Gasteiger partial charge in [-0.2, -0.15) is 0 Å². The second-order valence-corrected chi connectivity index (χ2v) is 21.9. The van der Waals surface area contributed by atoms with Gasteiger partial charge in [-0.3, -0.25) is 29.3 Å². The first-order chi connectivity index (χ1) is 34.9. The number of piperidine rings is 1. The Morgan fingerprint density at radius 1 is 1.03 bits per heavy atom. The zero-order valence-corrected chi connectivity index (χ0v) is 44.4. The number of hydrazine groups is 1. The second-order valence-electron chi connectivity index (χ2n) is 21.5. The molecular formula is C54H74ClN11O7. The average molecular weight is 1020 g/mol. The van der Waals surface area contributed by atoms with Crippen LogP contribution < -0.4 is 21.4 Å². The zero-order chi connectivity index (χ0) is 52.1. The zero-order valence-electron chi connectivity index (χ0n) is 43.7. The third-order valence-corrected chi connectivity index (χ3v) is 15.4. The van der Waals surface area contributed by atoms with E-state index in [0.717, 1.165) is 58.5 Å². The van der Waals surface area contributed by atoms with Gasteiger partial charge in [0.15, 0.2) is 0 Å². The van der Waals surface area contributed by atoms with Gasteiger partial charge in [-0.1, -0.05) is 45.9 Å². The number of urea groups is 1. The number of amides is 5. The Bertz CT molecular complexity index is 2570. The van der Waals surface area contributed by atoms with Crippen molar-refractivity contribution in [3.63, 3.8) is 0 Å². The number of carbonyl (C=O) groups is 5. The number of aromatic nitrogens is 3. The number of esters is 1. The number of pyridine rings is 1. The fraction of sp³-hybridized carbons (Fsp3) is 0.574. The Morgan fingerprint density at radius 3 is 2.49 bits per heavy atom. The number of hydrogen-bond acceptors (Lipinski definition) is 12. The van der Waals surface area contributed by atoms with Gasteiger partial charge in [0.25, 0.3) is 5.91 Å². The molecule has 0 spiro atoms. The number of fused-ring (bicyclic) bond motifs is 9. The van der Waals surface area contributed by atoms with Crippen LogP contribution in [-0.2, 0) is 23.9 Å². The van der Waals surface area contributed by atoms with E-state index in [2.05, 4.69) is 88.4 Å². The number of anilines is 1. The number of nitrogens with one attached hydrogen (secondary N) is 4. The lowest BCUT2D eigenvalue weighted by Crippen LogP contribution is -2.64. The highest BCUT2D eigenvalue weighted by atomic mass is 35.5. The molecule has 3 fully saturated rings. The second kappa shape index (κ2) is 23.2. The number of benzene rings is 1. The largest absolute Gasteiger partial charge is 0.464 e. The molecule has 3 aromatic rings. The van der Waals surface area contributed by atoms with Crippen LogP contribution in [0.4, 0.5) is 15.3 Å². The van der Waals surface area contributed by atoms with Crippen LogP contribution in [-0.4, -0.2) is 155 Å². The lowest BCUT2D eigenvalue weighted by atomic mass is 9.82. The molecule has 394 valence electrons.